The molecule has 0 amide bonds. The number of aliphatic hydroxyl groups excluding tert-OH is 1. The molecule has 4 aromatic rings. The topological polar surface area (TPSA) is 66.6 Å². The van der Waals surface area contributed by atoms with Crippen molar-refractivity contribution >= 4 is 34.7 Å². The molecule has 5 nitrogen and oxygen atoms in total. The molecule has 0 spiro atoms. The lowest BCUT2D eigenvalue weighted by molar-refractivity contribution is 0.0743. The van der Waals surface area contributed by atoms with E-state index in [4.69, 9.17) is 4.42 Å². The van der Waals surface area contributed by atoms with Crippen LogP contribution in [0, 0.1) is 0 Å². The van der Waals surface area contributed by atoms with Crippen molar-refractivity contribution in [1.29, 1.82) is 0 Å². The molecule has 0 aliphatic rings. The minimum Gasteiger partial charge on any atom is -0.423 e. The van der Waals surface area contributed by atoms with Gasteiger partial charge in [0.2, 0.25) is 0 Å². The number of aromatic nitrogens is 1. The number of carbonyl (C=O) groups is 1. The van der Waals surface area contributed by atoms with E-state index in [9.17, 15) is 9.90 Å². The molecule has 0 aliphatic carbocycles. The second-order valence-electron chi connectivity index (χ2n) is 8.83. The number of para-hydroxylation sites is 2. The maximum absolute atomic E-state index is 12.7. The number of hydrogen-bond donors (Lipinski definition) is 1. The highest BCUT2D eigenvalue weighted by atomic mass is 32.2. The van der Waals surface area contributed by atoms with Crippen molar-refractivity contribution in [3.05, 3.63) is 90.0 Å². The van der Waals surface area contributed by atoms with Crippen LogP contribution in [0.15, 0.2) is 88.2 Å². The van der Waals surface area contributed by atoms with Gasteiger partial charge in [0.15, 0.2) is 11.4 Å². The Morgan fingerprint density at radius 2 is 1.66 bits per heavy atom. The molecule has 35 heavy (non-hydrogen) atoms. The number of Topliss-reactive ketones (excluding diaryl/α,β-unsaturated/α-hetero) is 1. The number of ketones is 1. The number of unbranched alkanes of at least 4 members (excludes halogenated alkanes) is 2. The average molecular weight is 489 g/mol. The molecule has 1 unspecified atom stereocenters. The summed E-state index contributed by atoms with van der Waals surface area (Å²) in [4.78, 5) is 20.6. The summed E-state index contributed by atoms with van der Waals surface area (Å²) in [5.41, 5.74) is 2.90. The van der Waals surface area contributed by atoms with Gasteiger partial charge >= 0.3 is 0 Å². The molecule has 6 heteroatoms. The summed E-state index contributed by atoms with van der Waals surface area (Å²) < 4.78 is 5.97. The summed E-state index contributed by atoms with van der Waals surface area (Å²) in [5, 5.41) is 10.8. The fourth-order valence-electron chi connectivity index (χ4n) is 4.04. The lowest BCUT2D eigenvalue weighted by atomic mass is 10.00. The molecule has 1 aromatic heterocycles. The second-order valence-corrected chi connectivity index (χ2v) is 9.97. The molecule has 0 fully saturated rings. The van der Waals surface area contributed by atoms with Crippen molar-refractivity contribution < 1.29 is 14.3 Å². The van der Waals surface area contributed by atoms with Crippen LogP contribution in [0.5, 0.6) is 0 Å². The predicted molar refractivity (Wildman–Crippen MR) is 143 cm³/mol. The third-order valence-electron chi connectivity index (χ3n) is 5.97. The normalized spacial score (nSPS) is 12.2. The van der Waals surface area contributed by atoms with Crippen molar-refractivity contribution in [2.24, 2.45) is 0 Å². The first-order valence-electron chi connectivity index (χ1n) is 12.2. The van der Waals surface area contributed by atoms with Crippen LogP contribution in [0.25, 0.3) is 11.1 Å². The van der Waals surface area contributed by atoms with E-state index in [-0.39, 0.29) is 5.78 Å². The maximum atomic E-state index is 12.7. The van der Waals surface area contributed by atoms with Crippen LogP contribution in [-0.2, 0) is 0 Å². The molecule has 1 heterocycles. The molecule has 0 saturated heterocycles. The SMILES string of the molecule is CC(C)N(CCCCCSc1ccccc1C(O)C(=O)c1ccccc1)c1nc2ccccc2o1. The number of carbonyl (C=O) groups excluding carboxylic acids is 1. The number of thioether (sulfide) groups is 1. The van der Waals surface area contributed by atoms with E-state index >= 15 is 0 Å². The molecule has 1 atom stereocenters. The molecule has 0 radical (unpaired) electrons. The largest absolute Gasteiger partial charge is 0.423 e. The highest BCUT2D eigenvalue weighted by Gasteiger charge is 2.22. The van der Waals surface area contributed by atoms with E-state index in [0.29, 0.717) is 23.2 Å². The third kappa shape index (κ3) is 6.32. The number of rotatable bonds is 12. The number of aliphatic hydroxyl groups is 1. The Kier molecular flexibility index (Phi) is 8.61. The molecular weight excluding hydrogens is 456 g/mol. The van der Waals surface area contributed by atoms with Crippen molar-refractivity contribution in [1.82, 2.24) is 4.98 Å². The Labute approximate surface area is 211 Å². The molecule has 0 bridgehead atoms. The van der Waals surface area contributed by atoms with Gasteiger partial charge in [-0.15, -0.1) is 11.8 Å². The van der Waals surface area contributed by atoms with Gasteiger partial charge in [0.05, 0.1) is 0 Å². The Bertz CT molecular complexity index is 1210. The van der Waals surface area contributed by atoms with Crippen LogP contribution in [0.2, 0.25) is 0 Å². The van der Waals surface area contributed by atoms with Gasteiger partial charge in [-0.3, -0.25) is 4.79 Å². The van der Waals surface area contributed by atoms with Gasteiger partial charge in [0.1, 0.15) is 11.6 Å². The van der Waals surface area contributed by atoms with E-state index in [1.165, 1.54) is 0 Å². The zero-order chi connectivity index (χ0) is 24.6. The van der Waals surface area contributed by atoms with Gasteiger partial charge in [-0.1, -0.05) is 67.1 Å². The first kappa shape index (κ1) is 25.0. The highest BCUT2D eigenvalue weighted by Crippen LogP contribution is 2.30. The Hall–Kier alpha value is -3.09. The Morgan fingerprint density at radius 1 is 0.943 bits per heavy atom. The van der Waals surface area contributed by atoms with Gasteiger partial charge < -0.3 is 14.4 Å². The average Bonchev–Trinajstić information content (AvgIpc) is 3.31. The first-order valence-corrected chi connectivity index (χ1v) is 13.1. The van der Waals surface area contributed by atoms with Crippen LogP contribution in [0.1, 0.15) is 55.1 Å². The van der Waals surface area contributed by atoms with Crippen molar-refractivity contribution in [3.63, 3.8) is 0 Å². The minimum absolute atomic E-state index is 0.272. The van der Waals surface area contributed by atoms with E-state index in [2.05, 4.69) is 23.7 Å². The minimum atomic E-state index is -1.16. The summed E-state index contributed by atoms with van der Waals surface area (Å²) in [6.45, 7) is 5.20. The van der Waals surface area contributed by atoms with Gasteiger partial charge in [0, 0.05) is 28.6 Å². The quantitative estimate of drug-likeness (QED) is 0.133. The lowest BCUT2D eigenvalue weighted by Gasteiger charge is -2.24. The van der Waals surface area contributed by atoms with Crippen LogP contribution in [0.4, 0.5) is 6.01 Å². The van der Waals surface area contributed by atoms with Crippen molar-refractivity contribution in [2.45, 2.75) is 50.2 Å². The molecule has 3 aromatic carbocycles. The molecule has 1 N–H and O–H groups in total. The zero-order valence-electron chi connectivity index (χ0n) is 20.3. The number of hydrogen-bond acceptors (Lipinski definition) is 6. The van der Waals surface area contributed by atoms with Gasteiger partial charge in [-0.2, -0.15) is 4.98 Å². The van der Waals surface area contributed by atoms with Crippen LogP contribution < -0.4 is 4.90 Å². The standard InChI is InChI=1S/C29H32N2O3S/c1-21(2)31(29-30-24-16-8-9-17-25(24)34-29)19-11-4-12-20-35-26-18-10-7-15-23(26)28(33)27(32)22-13-5-3-6-14-22/h3,5-10,13-18,21,28,33H,4,11-12,19-20H2,1-2H3. The van der Waals surface area contributed by atoms with Gasteiger partial charge in [-0.25, -0.2) is 0 Å². The monoisotopic (exact) mass is 488 g/mol. The molecular formula is C29H32N2O3S. The highest BCUT2D eigenvalue weighted by molar-refractivity contribution is 7.99. The number of fused-ring (bicyclic) bond motifs is 1. The van der Waals surface area contributed by atoms with E-state index in [0.717, 1.165) is 47.6 Å². The molecule has 4 rings (SSSR count). The van der Waals surface area contributed by atoms with Gasteiger partial charge in [-0.05, 0) is 50.6 Å². The third-order valence-corrected chi connectivity index (χ3v) is 7.15. The van der Waals surface area contributed by atoms with E-state index in [1.807, 2.05) is 66.7 Å². The molecule has 0 aliphatic heterocycles. The fraction of sp³-hybridized carbons (Fsp3) is 0.310. The summed E-state index contributed by atoms with van der Waals surface area (Å²) in [6, 6.07) is 25.4. The molecule has 0 saturated carbocycles. The predicted octanol–water partition coefficient (Wildman–Crippen LogP) is 6.92. The summed E-state index contributed by atoms with van der Waals surface area (Å²) in [7, 11) is 0. The van der Waals surface area contributed by atoms with E-state index < -0.39 is 6.10 Å². The van der Waals surface area contributed by atoms with Crippen LogP contribution in [0.3, 0.4) is 0 Å². The molecule has 182 valence electrons. The smallest absolute Gasteiger partial charge is 0.298 e. The van der Waals surface area contributed by atoms with Crippen LogP contribution in [-0.4, -0.2) is 34.2 Å². The number of benzene rings is 3. The summed E-state index contributed by atoms with van der Waals surface area (Å²) in [6.07, 6.45) is 2.00. The Balaban J connectivity index is 1.28. The lowest BCUT2D eigenvalue weighted by Crippen LogP contribution is -2.32. The van der Waals surface area contributed by atoms with E-state index in [1.54, 1.807) is 23.9 Å². The van der Waals surface area contributed by atoms with Gasteiger partial charge in [0.25, 0.3) is 6.01 Å². The number of nitrogens with zero attached hydrogens (tertiary/aromatic N) is 2. The van der Waals surface area contributed by atoms with Crippen LogP contribution >= 0.6 is 11.8 Å². The van der Waals surface area contributed by atoms with Crippen molar-refractivity contribution in [2.75, 3.05) is 17.2 Å². The summed E-state index contributed by atoms with van der Waals surface area (Å²) in [5.74, 6) is 0.653. The first-order chi connectivity index (χ1) is 17.0. The maximum Gasteiger partial charge on any atom is 0.298 e. The second kappa shape index (κ2) is 12.0. The zero-order valence-corrected chi connectivity index (χ0v) is 21.1. The summed E-state index contributed by atoms with van der Waals surface area (Å²) >= 11 is 1.70. The number of anilines is 1. The number of oxazole rings is 1. The van der Waals surface area contributed by atoms with Crippen molar-refractivity contribution in [3.8, 4) is 0 Å². The fourth-order valence-corrected chi connectivity index (χ4v) is 5.13. The Morgan fingerprint density at radius 3 is 2.43 bits per heavy atom.